The number of ether oxygens (including phenoxy) is 1. The quantitative estimate of drug-likeness (QED) is 0.700. The summed E-state index contributed by atoms with van der Waals surface area (Å²) in [6, 6.07) is 12.2. The van der Waals surface area contributed by atoms with Crippen LogP contribution in [0.4, 0.5) is 0 Å². The van der Waals surface area contributed by atoms with Crippen LogP contribution in [0.3, 0.4) is 0 Å². The molecular weight excluding hydrogens is 302 g/mol. The van der Waals surface area contributed by atoms with E-state index in [1.807, 2.05) is 35.1 Å². The van der Waals surface area contributed by atoms with Crippen LogP contribution >= 0.6 is 0 Å². The fourth-order valence-electron chi connectivity index (χ4n) is 2.51. The topological polar surface area (TPSA) is 67.8 Å². The highest BCUT2D eigenvalue weighted by molar-refractivity contribution is 5.60. The van der Waals surface area contributed by atoms with Gasteiger partial charge in [0.1, 0.15) is 5.75 Å². The van der Waals surface area contributed by atoms with E-state index in [4.69, 9.17) is 4.74 Å². The van der Waals surface area contributed by atoms with Crippen LogP contribution in [0.25, 0.3) is 11.3 Å². The van der Waals surface area contributed by atoms with E-state index in [9.17, 15) is 0 Å². The first kappa shape index (κ1) is 16.3. The van der Waals surface area contributed by atoms with Gasteiger partial charge in [0.25, 0.3) is 0 Å². The smallest absolute Gasteiger partial charge is 0.118 e. The van der Waals surface area contributed by atoms with E-state index in [1.54, 1.807) is 7.11 Å². The average Bonchev–Trinajstić information content (AvgIpc) is 3.29. The Kier molecular flexibility index (Phi) is 4.96. The second-order valence-corrected chi connectivity index (χ2v) is 5.71. The zero-order chi connectivity index (χ0) is 16.9. The first-order chi connectivity index (χ1) is 11.7. The summed E-state index contributed by atoms with van der Waals surface area (Å²) in [4.78, 5) is 0. The van der Waals surface area contributed by atoms with Crippen molar-refractivity contribution < 1.29 is 4.74 Å². The third-order valence-corrected chi connectivity index (χ3v) is 4.04. The predicted molar refractivity (Wildman–Crippen MR) is 93.7 cm³/mol. The maximum absolute atomic E-state index is 5.18. The highest BCUT2D eigenvalue weighted by atomic mass is 16.5. The van der Waals surface area contributed by atoms with Crippen LogP contribution in [0.1, 0.15) is 31.3 Å². The van der Waals surface area contributed by atoms with Gasteiger partial charge in [-0.2, -0.15) is 10.2 Å². The van der Waals surface area contributed by atoms with E-state index < -0.39 is 0 Å². The molecule has 1 aromatic carbocycles. The standard InChI is InChI=1S/C18H23N5O/c1-4-23-10-9-17(22-23)13(2)19-12-15-11-18(21-20-15)14-5-7-16(24-3)8-6-14/h5-11,13,19H,4,12H2,1-3H3,(H,20,21). The van der Waals surface area contributed by atoms with Gasteiger partial charge in [-0.15, -0.1) is 0 Å². The maximum atomic E-state index is 5.18. The molecule has 6 nitrogen and oxygen atoms in total. The van der Waals surface area contributed by atoms with Crippen molar-refractivity contribution in [3.05, 3.63) is 54.0 Å². The van der Waals surface area contributed by atoms with E-state index in [0.717, 1.165) is 34.9 Å². The lowest BCUT2D eigenvalue weighted by molar-refractivity contribution is 0.415. The van der Waals surface area contributed by atoms with Gasteiger partial charge in [-0.3, -0.25) is 9.78 Å². The Morgan fingerprint density at radius 1 is 1.25 bits per heavy atom. The summed E-state index contributed by atoms with van der Waals surface area (Å²) in [7, 11) is 1.66. The van der Waals surface area contributed by atoms with E-state index >= 15 is 0 Å². The van der Waals surface area contributed by atoms with Crippen molar-refractivity contribution in [2.75, 3.05) is 7.11 Å². The molecule has 0 aliphatic carbocycles. The zero-order valence-corrected chi connectivity index (χ0v) is 14.3. The third kappa shape index (κ3) is 3.65. The Morgan fingerprint density at radius 2 is 2.04 bits per heavy atom. The Bertz CT molecular complexity index is 775. The molecule has 126 valence electrons. The number of hydrogen-bond acceptors (Lipinski definition) is 4. The largest absolute Gasteiger partial charge is 0.497 e. The SMILES string of the molecule is CCn1ccc(C(C)NCc2cc(-c3ccc(OC)cc3)n[nH]2)n1. The zero-order valence-electron chi connectivity index (χ0n) is 14.3. The van der Waals surface area contributed by atoms with Gasteiger partial charge in [-0.25, -0.2) is 0 Å². The van der Waals surface area contributed by atoms with Crippen LogP contribution in [0.2, 0.25) is 0 Å². The molecule has 24 heavy (non-hydrogen) atoms. The van der Waals surface area contributed by atoms with Crippen molar-refractivity contribution in [1.29, 1.82) is 0 Å². The molecule has 0 saturated carbocycles. The number of aromatic nitrogens is 4. The lowest BCUT2D eigenvalue weighted by Gasteiger charge is -2.10. The number of methoxy groups -OCH3 is 1. The highest BCUT2D eigenvalue weighted by Gasteiger charge is 2.10. The van der Waals surface area contributed by atoms with Gasteiger partial charge in [0, 0.05) is 36.6 Å². The summed E-state index contributed by atoms with van der Waals surface area (Å²) < 4.78 is 7.12. The van der Waals surface area contributed by atoms with Crippen molar-refractivity contribution in [3.63, 3.8) is 0 Å². The molecule has 1 atom stereocenters. The lowest BCUT2D eigenvalue weighted by atomic mass is 10.1. The van der Waals surface area contributed by atoms with Crippen molar-refractivity contribution in [3.8, 4) is 17.0 Å². The fourth-order valence-corrected chi connectivity index (χ4v) is 2.51. The molecule has 0 radical (unpaired) electrons. The van der Waals surface area contributed by atoms with Crippen LogP contribution in [0.5, 0.6) is 5.75 Å². The third-order valence-electron chi connectivity index (χ3n) is 4.04. The minimum atomic E-state index is 0.186. The molecule has 6 heteroatoms. The fraction of sp³-hybridized carbons (Fsp3) is 0.333. The molecule has 0 bridgehead atoms. The van der Waals surface area contributed by atoms with Crippen molar-refractivity contribution in [2.24, 2.45) is 0 Å². The molecule has 2 heterocycles. The second-order valence-electron chi connectivity index (χ2n) is 5.71. The van der Waals surface area contributed by atoms with Crippen molar-refractivity contribution in [1.82, 2.24) is 25.3 Å². The molecule has 0 aliphatic heterocycles. The molecule has 0 spiro atoms. The number of H-pyrrole nitrogens is 1. The molecular formula is C18H23N5O. The summed E-state index contributed by atoms with van der Waals surface area (Å²) >= 11 is 0. The number of aromatic amines is 1. The number of hydrogen-bond donors (Lipinski definition) is 2. The summed E-state index contributed by atoms with van der Waals surface area (Å²) in [6.07, 6.45) is 2.01. The van der Waals surface area contributed by atoms with Gasteiger partial charge in [0.15, 0.2) is 0 Å². The Balaban J connectivity index is 1.61. The molecule has 0 aliphatic rings. The highest BCUT2D eigenvalue weighted by Crippen LogP contribution is 2.21. The number of rotatable bonds is 7. The molecule has 2 N–H and O–H groups in total. The average molecular weight is 325 g/mol. The number of benzene rings is 1. The van der Waals surface area contributed by atoms with Crippen molar-refractivity contribution in [2.45, 2.75) is 33.0 Å². The van der Waals surface area contributed by atoms with Crippen LogP contribution in [-0.2, 0) is 13.1 Å². The molecule has 3 rings (SSSR count). The Labute approximate surface area is 141 Å². The normalized spacial score (nSPS) is 12.3. The van der Waals surface area contributed by atoms with Crippen LogP contribution in [0, 0.1) is 0 Å². The summed E-state index contributed by atoms with van der Waals surface area (Å²) in [6.45, 7) is 5.80. The maximum Gasteiger partial charge on any atom is 0.118 e. The molecule has 0 fully saturated rings. The molecule has 3 aromatic rings. The Hall–Kier alpha value is -2.60. The van der Waals surface area contributed by atoms with Crippen LogP contribution in [0.15, 0.2) is 42.6 Å². The number of nitrogens with one attached hydrogen (secondary N) is 2. The molecule has 0 amide bonds. The number of aryl methyl sites for hydroxylation is 1. The molecule has 1 unspecified atom stereocenters. The van der Waals surface area contributed by atoms with Crippen LogP contribution in [-0.4, -0.2) is 27.1 Å². The minimum Gasteiger partial charge on any atom is -0.497 e. The summed E-state index contributed by atoms with van der Waals surface area (Å²) in [5.74, 6) is 0.844. The van der Waals surface area contributed by atoms with E-state index in [0.29, 0.717) is 6.54 Å². The lowest BCUT2D eigenvalue weighted by Crippen LogP contribution is -2.19. The Morgan fingerprint density at radius 3 is 2.71 bits per heavy atom. The summed E-state index contributed by atoms with van der Waals surface area (Å²) in [5.41, 5.74) is 4.08. The van der Waals surface area contributed by atoms with Gasteiger partial charge < -0.3 is 10.1 Å². The first-order valence-electron chi connectivity index (χ1n) is 8.15. The molecule has 0 saturated heterocycles. The van der Waals surface area contributed by atoms with Gasteiger partial charge >= 0.3 is 0 Å². The van der Waals surface area contributed by atoms with E-state index in [1.165, 1.54) is 0 Å². The van der Waals surface area contributed by atoms with Crippen LogP contribution < -0.4 is 10.1 Å². The van der Waals surface area contributed by atoms with Gasteiger partial charge in [-0.05, 0) is 50.2 Å². The predicted octanol–water partition coefficient (Wildman–Crippen LogP) is 3.15. The van der Waals surface area contributed by atoms with Crippen molar-refractivity contribution >= 4 is 0 Å². The summed E-state index contributed by atoms with van der Waals surface area (Å²) in [5, 5.41) is 15.5. The van der Waals surface area contributed by atoms with E-state index in [2.05, 4.69) is 46.6 Å². The van der Waals surface area contributed by atoms with Gasteiger partial charge in [-0.1, -0.05) is 0 Å². The van der Waals surface area contributed by atoms with Gasteiger partial charge in [0.05, 0.1) is 18.5 Å². The first-order valence-corrected chi connectivity index (χ1v) is 8.15. The second kappa shape index (κ2) is 7.31. The minimum absolute atomic E-state index is 0.186. The molecule has 2 aromatic heterocycles. The monoisotopic (exact) mass is 325 g/mol. The van der Waals surface area contributed by atoms with E-state index in [-0.39, 0.29) is 6.04 Å². The van der Waals surface area contributed by atoms with Gasteiger partial charge in [0.2, 0.25) is 0 Å². The number of nitrogens with zero attached hydrogens (tertiary/aromatic N) is 3.